The van der Waals surface area contributed by atoms with Crippen LogP contribution in [0.25, 0.3) is 0 Å². The molecule has 8 nitrogen and oxygen atoms in total. The summed E-state index contributed by atoms with van der Waals surface area (Å²) in [7, 11) is 1.47. The molecule has 1 unspecified atom stereocenters. The number of carboxylic acid groups (broad SMARTS) is 1. The highest BCUT2D eigenvalue weighted by molar-refractivity contribution is 5.78. The number of ether oxygens (including phenoxy) is 1. The average Bonchev–Trinajstić information content (AvgIpc) is 3.15. The largest absolute Gasteiger partial charge is 0.481 e. The fraction of sp³-hybridized carbons (Fsp3) is 0.750. The Morgan fingerprint density at radius 3 is 2.75 bits per heavy atom. The van der Waals surface area contributed by atoms with Crippen molar-refractivity contribution < 1.29 is 24.0 Å². The average molecular weight is 339 g/mol. The van der Waals surface area contributed by atoms with E-state index in [4.69, 9.17) is 14.4 Å². The number of rotatable bonds is 9. The molecule has 8 heteroatoms. The number of carbonyl (C=O) groups excluding carboxylic acids is 1. The lowest BCUT2D eigenvalue weighted by Crippen LogP contribution is -2.50. The van der Waals surface area contributed by atoms with Crippen molar-refractivity contribution >= 4 is 11.9 Å². The van der Waals surface area contributed by atoms with Crippen LogP contribution in [0.4, 0.5) is 0 Å². The fourth-order valence-corrected chi connectivity index (χ4v) is 3.12. The Kier molecular flexibility index (Phi) is 6.30. The van der Waals surface area contributed by atoms with Crippen molar-refractivity contribution in [3.63, 3.8) is 0 Å². The van der Waals surface area contributed by atoms with Gasteiger partial charge in [0.05, 0.1) is 18.6 Å². The molecular formula is C16H25N3O5. The summed E-state index contributed by atoms with van der Waals surface area (Å²) in [5.74, 6) is 0.290. The second-order valence-electron chi connectivity index (χ2n) is 6.64. The number of nitrogens with one attached hydrogen (secondary N) is 1. The molecule has 0 radical (unpaired) electrons. The molecule has 0 bridgehead atoms. The Morgan fingerprint density at radius 2 is 2.12 bits per heavy atom. The van der Waals surface area contributed by atoms with Gasteiger partial charge in [0.2, 0.25) is 11.8 Å². The van der Waals surface area contributed by atoms with Gasteiger partial charge in [-0.3, -0.25) is 9.59 Å². The Hall–Kier alpha value is -1.96. The van der Waals surface area contributed by atoms with Gasteiger partial charge in [-0.15, -0.1) is 0 Å². The van der Waals surface area contributed by atoms with Gasteiger partial charge in [-0.1, -0.05) is 18.0 Å². The lowest BCUT2D eigenvalue weighted by Gasteiger charge is -2.28. The first kappa shape index (κ1) is 18.4. The standard InChI is InChI=1S/C16H25N3O5/c1-16(10-23-2,9-14(21)22)18-12(20)7-8-13-17-15(19-24-13)11-5-3-4-6-11/h11H,3-10H2,1-2H3,(H,18,20)(H,21,22). The number of amides is 1. The third-order valence-corrected chi connectivity index (χ3v) is 4.22. The lowest BCUT2D eigenvalue weighted by molar-refractivity contribution is -0.139. The van der Waals surface area contributed by atoms with E-state index in [2.05, 4.69) is 15.5 Å². The highest BCUT2D eigenvalue weighted by atomic mass is 16.5. The maximum atomic E-state index is 12.1. The van der Waals surface area contributed by atoms with Crippen LogP contribution < -0.4 is 5.32 Å². The van der Waals surface area contributed by atoms with Crippen LogP contribution in [-0.2, 0) is 20.7 Å². The first-order chi connectivity index (χ1) is 11.4. The first-order valence-corrected chi connectivity index (χ1v) is 8.26. The predicted molar refractivity (Wildman–Crippen MR) is 84.5 cm³/mol. The number of carbonyl (C=O) groups is 2. The summed E-state index contributed by atoms with van der Waals surface area (Å²) >= 11 is 0. The van der Waals surface area contributed by atoms with Crippen LogP contribution in [0.5, 0.6) is 0 Å². The third-order valence-electron chi connectivity index (χ3n) is 4.22. The van der Waals surface area contributed by atoms with Gasteiger partial charge in [-0.05, 0) is 19.8 Å². The normalized spacial score (nSPS) is 17.6. The number of hydrogen-bond acceptors (Lipinski definition) is 6. The Balaban J connectivity index is 1.84. The molecule has 1 aliphatic carbocycles. The summed E-state index contributed by atoms with van der Waals surface area (Å²) in [5.41, 5.74) is -0.943. The summed E-state index contributed by atoms with van der Waals surface area (Å²) < 4.78 is 10.2. The van der Waals surface area contributed by atoms with Crippen LogP contribution >= 0.6 is 0 Å². The molecule has 0 aromatic carbocycles. The van der Waals surface area contributed by atoms with Gasteiger partial charge in [-0.25, -0.2) is 0 Å². The molecule has 0 spiro atoms. The fourth-order valence-electron chi connectivity index (χ4n) is 3.12. The third kappa shape index (κ3) is 5.30. The number of hydrogen-bond donors (Lipinski definition) is 2. The van der Waals surface area contributed by atoms with Crippen molar-refractivity contribution in [3.8, 4) is 0 Å². The van der Waals surface area contributed by atoms with E-state index in [-0.39, 0.29) is 25.4 Å². The minimum atomic E-state index is -0.993. The maximum absolute atomic E-state index is 12.1. The Bertz CT molecular complexity index is 568. The minimum Gasteiger partial charge on any atom is -0.481 e. The summed E-state index contributed by atoms with van der Waals surface area (Å²) in [6.07, 6.45) is 4.84. The predicted octanol–water partition coefficient (Wildman–Crippen LogP) is 1.66. The van der Waals surface area contributed by atoms with Gasteiger partial charge in [0.15, 0.2) is 5.82 Å². The molecule has 0 saturated heterocycles. The molecule has 134 valence electrons. The topological polar surface area (TPSA) is 115 Å². The Labute approximate surface area is 141 Å². The Morgan fingerprint density at radius 1 is 1.42 bits per heavy atom. The molecule has 2 rings (SSSR count). The molecule has 0 aliphatic heterocycles. The molecular weight excluding hydrogens is 314 g/mol. The van der Waals surface area contributed by atoms with Crippen molar-refractivity contribution in [1.82, 2.24) is 15.5 Å². The van der Waals surface area contributed by atoms with Crippen LogP contribution in [0.2, 0.25) is 0 Å². The van der Waals surface area contributed by atoms with E-state index in [1.54, 1.807) is 6.92 Å². The van der Waals surface area contributed by atoms with Crippen LogP contribution in [0.15, 0.2) is 4.52 Å². The highest BCUT2D eigenvalue weighted by Crippen LogP contribution is 2.32. The maximum Gasteiger partial charge on any atom is 0.305 e. The molecule has 1 fully saturated rings. The number of nitrogens with zero attached hydrogens (tertiary/aromatic N) is 2. The minimum absolute atomic E-state index is 0.122. The van der Waals surface area contributed by atoms with Gasteiger partial charge in [0.1, 0.15) is 0 Å². The molecule has 24 heavy (non-hydrogen) atoms. The van der Waals surface area contributed by atoms with E-state index in [0.29, 0.717) is 18.2 Å². The number of aryl methyl sites for hydroxylation is 1. The van der Waals surface area contributed by atoms with Gasteiger partial charge < -0.3 is 19.7 Å². The molecule has 1 amide bonds. The summed E-state index contributed by atoms with van der Waals surface area (Å²) in [5, 5.41) is 15.7. The van der Waals surface area contributed by atoms with Crippen LogP contribution in [0.3, 0.4) is 0 Å². The number of methoxy groups -OCH3 is 1. The summed E-state index contributed by atoms with van der Waals surface area (Å²) in [6, 6.07) is 0. The number of aromatic nitrogens is 2. The highest BCUT2D eigenvalue weighted by Gasteiger charge is 2.29. The van der Waals surface area contributed by atoms with E-state index in [1.807, 2.05) is 0 Å². The molecule has 1 atom stereocenters. The molecule has 1 saturated carbocycles. The van der Waals surface area contributed by atoms with E-state index in [0.717, 1.165) is 18.7 Å². The molecule has 1 heterocycles. The van der Waals surface area contributed by atoms with Crippen LogP contribution in [0.1, 0.15) is 63.1 Å². The summed E-state index contributed by atoms with van der Waals surface area (Å²) in [4.78, 5) is 27.4. The number of aliphatic carboxylic acids is 1. The zero-order valence-corrected chi connectivity index (χ0v) is 14.2. The van der Waals surface area contributed by atoms with Crippen LogP contribution in [0, 0.1) is 0 Å². The van der Waals surface area contributed by atoms with Gasteiger partial charge in [0.25, 0.3) is 0 Å². The number of carboxylic acids is 1. The summed E-state index contributed by atoms with van der Waals surface area (Å²) in [6.45, 7) is 1.77. The van der Waals surface area contributed by atoms with Crippen molar-refractivity contribution in [3.05, 3.63) is 11.7 Å². The quantitative estimate of drug-likeness (QED) is 0.703. The second-order valence-corrected chi connectivity index (χ2v) is 6.64. The van der Waals surface area contributed by atoms with Gasteiger partial charge >= 0.3 is 5.97 Å². The van der Waals surface area contributed by atoms with Gasteiger partial charge in [0, 0.05) is 25.9 Å². The molecule has 1 aliphatic rings. The van der Waals surface area contributed by atoms with Crippen molar-refractivity contribution in [1.29, 1.82) is 0 Å². The second kappa shape index (κ2) is 8.23. The van der Waals surface area contributed by atoms with Crippen molar-refractivity contribution in [2.45, 2.75) is 63.3 Å². The zero-order chi connectivity index (χ0) is 17.6. The molecule has 2 N–H and O–H groups in total. The van der Waals surface area contributed by atoms with E-state index in [1.165, 1.54) is 20.0 Å². The van der Waals surface area contributed by atoms with E-state index in [9.17, 15) is 9.59 Å². The molecule has 1 aromatic rings. The monoisotopic (exact) mass is 339 g/mol. The molecule has 1 aromatic heterocycles. The smallest absolute Gasteiger partial charge is 0.305 e. The first-order valence-electron chi connectivity index (χ1n) is 8.26. The van der Waals surface area contributed by atoms with E-state index < -0.39 is 11.5 Å². The van der Waals surface area contributed by atoms with E-state index >= 15 is 0 Å². The van der Waals surface area contributed by atoms with Gasteiger partial charge in [-0.2, -0.15) is 4.98 Å². The van der Waals surface area contributed by atoms with Crippen LogP contribution in [-0.4, -0.2) is 46.4 Å². The van der Waals surface area contributed by atoms with Crippen molar-refractivity contribution in [2.75, 3.05) is 13.7 Å². The zero-order valence-electron chi connectivity index (χ0n) is 14.2. The lowest BCUT2D eigenvalue weighted by atomic mass is 9.98. The SMILES string of the molecule is COCC(C)(CC(=O)O)NC(=O)CCc1nc(C2CCCC2)no1. The van der Waals surface area contributed by atoms with Crippen molar-refractivity contribution in [2.24, 2.45) is 0 Å².